The van der Waals surface area contributed by atoms with E-state index in [1.165, 1.54) is 0 Å². The van der Waals surface area contributed by atoms with E-state index in [0.717, 1.165) is 6.42 Å². The highest BCUT2D eigenvalue weighted by atomic mass is 35.5. The van der Waals surface area contributed by atoms with Crippen LogP contribution in [0.4, 0.5) is 5.82 Å². The summed E-state index contributed by atoms with van der Waals surface area (Å²) in [6.07, 6.45) is 0.982. The molecule has 0 aliphatic rings. The van der Waals surface area contributed by atoms with Gasteiger partial charge in [-0.25, -0.2) is 0 Å². The van der Waals surface area contributed by atoms with Crippen molar-refractivity contribution in [3.63, 3.8) is 0 Å². The lowest BCUT2D eigenvalue weighted by Crippen LogP contribution is -2.11. The van der Waals surface area contributed by atoms with Crippen LogP contribution in [0.15, 0.2) is 6.07 Å². The summed E-state index contributed by atoms with van der Waals surface area (Å²) >= 11 is 11.9. The van der Waals surface area contributed by atoms with Crippen molar-refractivity contribution < 1.29 is 4.74 Å². The summed E-state index contributed by atoms with van der Waals surface area (Å²) in [6, 6.07) is 1.62. The highest BCUT2D eigenvalue weighted by Crippen LogP contribution is 2.31. The molecule has 3 nitrogen and oxygen atoms in total. The van der Waals surface area contributed by atoms with Crippen LogP contribution in [0.5, 0.6) is 5.88 Å². The third-order valence-electron chi connectivity index (χ3n) is 2.02. The molecule has 1 aromatic heterocycles. The number of aromatic nitrogens is 1. The number of hydrogen-bond acceptors (Lipinski definition) is 3. The van der Waals surface area contributed by atoms with Gasteiger partial charge in [-0.2, -0.15) is 4.98 Å². The van der Waals surface area contributed by atoms with Gasteiger partial charge in [-0.3, -0.25) is 0 Å². The molecule has 5 heteroatoms. The highest BCUT2D eigenvalue weighted by molar-refractivity contribution is 6.36. The van der Waals surface area contributed by atoms with Crippen molar-refractivity contribution in [1.29, 1.82) is 0 Å². The fourth-order valence-corrected chi connectivity index (χ4v) is 1.48. The number of halogens is 2. The normalized spacial score (nSPS) is 12.3. The Labute approximate surface area is 99.7 Å². The molecule has 0 bridgehead atoms. The second-order valence-electron chi connectivity index (χ2n) is 3.19. The average molecular weight is 249 g/mol. The minimum Gasteiger partial charge on any atom is -0.474 e. The predicted molar refractivity (Wildman–Crippen MR) is 64.2 cm³/mol. The van der Waals surface area contributed by atoms with Gasteiger partial charge in [0.05, 0.1) is 11.1 Å². The quantitative estimate of drug-likeness (QED) is 0.885. The first-order chi connectivity index (χ1) is 7.08. The zero-order valence-corrected chi connectivity index (χ0v) is 10.5. The van der Waals surface area contributed by atoms with Crippen molar-refractivity contribution >= 4 is 29.0 Å². The number of hydrogen-bond donors (Lipinski definition) is 1. The van der Waals surface area contributed by atoms with Crippen molar-refractivity contribution in [2.75, 3.05) is 12.4 Å². The van der Waals surface area contributed by atoms with Crippen LogP contribution in [0.2, 0.25) is 10.0 Å². The van der Waals surface area contributed by atoms with Crippen LogP contribution in [-0.4, -0.2) is 18.1 Å². The summed E-state index contributed by atoms with van der Waals surface area (Å²) in [7, 11) is 1.75. The van der Waals surface area contributed by atoms with Crippen molar-refractivity contribution in [1.82, 2.24) is 4.98 Å². The Hall–Kier alpha value is -0.670. The van der Waals surface area contributed by atoms with Crippen LogP contribution in [0.3, 0.4) is 0 Å². The Balaban J connectivity index is 2.97. The molecule has 0 spiro atoms. The summed E-state index contributed by atoms with van der Waals surface area (Å²) in [4.78, 5) is 4.18. The van der Waals surface area contributed by atoms with E-state index in [9.17, 15) is 0 Å². The number of nitrogens with one attached hydrogen (secondary N) is 1. The largest absolute Gasteiger partial charge is 0.474 e. The van der Waals surface area contributed by atoms with E-state index in [0.29, 0.717) is 21.7 Å². The van der Waals surface area contributed by atoms with Crippen molar-refractivity contribution in [2.24, 2.45) is 0 Å². The standard InChI is InChI=1S/C10H14Cl2N2O/c1-4-6(2)15-10-8(12)5-7(11)9(13-3)14-10/h5-6H,4H2,1-3H3,(H,13,14). The van der Waals surface area contributed by atoms with Gasteiger partial charge in [0.1, 0.15) is 10.8 Å². The molecule has 1 aromatic rings. The molecule has 15 heavy (non-hydrogen) atoms. The zero-order chi connectivity index (χ0) is 11.4. The molecule has 0 amide bonds. The molecule has 0 aliphatic carbocycles. The maximum atomic E-state index is 5.96. The van der Waals surface area contributed by atoms with Crippen LogP contribution in [0.1, 0.15) is 20.3 Å². The van der Waals surface area contributed by atoms with E-state index in [1.807, 2.05) is 13.8 Å². The summed E-state index contributed by atoms with van der Waals surface area (Å²) in [6.45, 7) is 4.00. The van der Waals surface area contributed by atoms with Gasteiger partial charge in [-0.05, 0) is 19.4 Å². The second kappa shape index (κ2) is 5.42. The van der Waals surface area contributed by atoms with E-state index in [-0.39, 0.29) is 6.10 Å². The minimum atomic E-state index is 0.0841. The van der Waals surface area contributed by atoms with Gasteiger partial charge in [-0.1, -0.05) is 30.1 Å². The lowest BCUT2D eigenvalue weighted by Gasteiger charge is -2.14. The Morgan fingerprint density at radius 2 is 2.13 bits per heavy atom. The molecule has 84 valence electrons. The predicted octanol–water partition coefficient (Wildman–Crippen LogP) is 3.61. The fourth-order valence-electron chi connectivity index (χ4n) is 0.982. The third kappa shape index (κ3) is 3.14. The van der Waals surface area contributed by atoms with Crippen molar-refractivity contribution in [2.45, 2.75) is 26.4 Å². The van der Waals surface area contributed by atoms with Gasteiger partial charge < -0.3 is 10.1 Å². The van der Waals surface area contributed by atoms with Gasteiger partial charge in [-0.15, -0.1) is 0 Å². The van der Waals surface area contributed by atoms with E-state index in [1.54, 1.807) is 13.1 Å². The van der Waals surface area contributed by atoms with Gasteiger partial charge in [0.25, 0.3) is 0 Å². The molecular formula is C10H14Cl2N2O. The molecule has 1 unspecified atom stereocenters. The van der Waals surface area contributed by atoms with E-state index in [4.69, 9.17) is 27.9 Å². The third-order valence-corrected chi connectivity index (χ3v) is 2.58. The first-order valence-electron chi connectivity index (χ1n) is 4.79. The Bertz CT molecular complexity index is 344. The number of rotatable bonds is 4. The number of anilines is 1. The number of ether oxygens (including phenoxy) is 1. The summed E-state index contributed by atoms with van der Waals surface area (Å²) in [5.74, 6) is 0.985. The molecule has 0 aliphatic heterocycles. The lowest BCUT2D eigenvalue weighted by molar-refractivity contribution is 0.209. The van der Waals surface area contributed by atoms with E-state index < -0.39 is 0 Å². The number of pyridine rings is 1. The molecule has 0 aromatic carbocycles. The number of nitrogens with zero attached hydrogens (tertiary/aromatic N) is 1. The van der Waals surface area contributed by atoms with Crippen LogP contribution in [0, 0.1) is 0 Å². The molecule has 0 saturated carbocycles. The lowest BCUT2D eigenvalue weighted by atomic mass is 10.3. The first-order valence-corrected chi connectivity index (χ1v) is 5.54. The van der Waals surface area contributed by atoms with Crippen LogP contribution in [-0.2, 0) is 0 Å². The molecular weight excluding hydrogens is 235 g/mol. The topological polar surface area (TPSA) is 34.1 Å². The Morgan fingerprint density at radius 1 is 1.47 bits per heavy atom. The van der Waals surface area contributed by atoms with Crippen molar-refractivity contribution in [3.05, 3.63) is 16.1 Å². The SMILES string of the molecule is CCC(C)Oc1nc(NC)c(Cl)cc1Cl. The summed E-state index contributed by atoms with van der Waals surface area (Å²) < 4.78 is 5.55. The molecule has 1 heterocycles. The van der Waals surface area contributed by atoms with Crippen LogP contribution in [0.25, 0.3) is 0 Å². The summed E-state index contributed by atoms with van der Waals surface area (Å²) in [5.41, 5.74) is 0. The Kier molecular flexibility index (Phi) is 4.48. The van der Waals surface area contributed by atoms with E-state index in [2.05, 4.69) is 10.3 Å². The molecule has 1 atom stereocenters. The van der Waals surface area contributed by atoms with Crippen LogP contribution >= 0.6 is 23.2 Å². The molecule has 0 radical (unpaired) electrons. The smallest absolute Gasteiger partial charge is 0.234 e. The molecule has 0 fully saturated rings. The van der Waals surface area contributed by atoms with Gasteiger partial charge in [0.15, 0.2) is 0 Å². The molecule has 1 rings (SSSR count). The minimum absolute atomic E-state index is 0.0841. The zero-order valence-electron chi connectivity index (χ0n) is 8.97. The second-order valence-corrected chi connectivity index (χ2v) is 4.01. The van der Waals surface area contributed by atoms with Gasteiger partial charge in [0.2, 0.25) is 5.88 Å². The average Bonchev–Trinajstić information content (AvgIpc) is 2.21. The van der Waals surface area contributed by atoms with Gasteiger partial charge in [0, 0.05) is 7.05 Å². The Morgan fingerprint density at radius 3 is 2.67 bits per heavy atom. The first kappa shape index (κ1) is 12.4. The monoisotopic (exact) mass is 248 g/mol. The molecule has 0 saturated heterocycles. The summed E-state index contributed by atoms with van der Waals surface area (Å²) in [5, 5.41) is 3.79. The van der Waals surface area contributed by atoms with E-state index >= 15 is 0 Å². The maximum absolute atomic E-state index is 5.96. The fraction of sp³-hybridized carbons (Fsp3) is 0.500. The van der Waals surface area contributed by atoms with Gasteiger partial charge >= 0.3 is 0 Å². The van der Waals surface area contributed by atoms with Crippen LogP contribution < -0.4 is 10.1 Å². The maximum Gasteiger partial charge on any atom is 0.234 e. The highest BCUT2D eigenvalue weighted by Gasteiger charge is 2.11. The molecule has 1 N–H and O–H groups in total. The van der Waals surface area contributed by atoms with Crippen molar-refractivity contribution in [3.8, 4) is 5.88 Å².